The maximum absolute atomic E-state index is 11.4. The molecule has 1 aliphatic rings. The number of carboxylic acid groups (broad SMARTS) is 1. The summed E-state index contributed by atoms with van der Waals surface area (Å²) < 4.78 is 6.79. The third kappa shape index (κ3) is 3.04. The van der Waals surface area contributed by atoms with E-state index in [-0.39, 0.29) is 16.9 Å². The van der Waals surface area contributed by atoms with Gasteiger partial charge in [-0.2, -0.15) is 0 Å². The van der Waals surface area contributed by atoms with E-state index in [0.29, 0.717) is 18.7 Å². The highest BCUT2D eigenvalue weighted by Gasteiger charge is 2.42. The highest BCUT2D eigenvalue weighted by atomic mass is 16.5. The molecule has 0 atom stereocenters. The van der Waals surface area contributed by atoms with Gasteiger partial charge in [0.05, 0.1) is 0 Å². The van der Waals surface area contributed by atoms with Gasteiger partial charge in [0.2, 0.25) is 0 Å². The van der Waals surface area contributed by atoms with Gasteiger partial charge in [0.25, 0.3) is 0 Å². The fourth-order valence-electron chi connectivity index (χ4n) is 2.36. The van der Waals surface area contributed by atoms with E-state index >= 15 is 0 Å². The Morgan fingerprint density at radius 3 is 2.63 bits per heavy atom. The Morgan fingerprint density at radius 1 is 1.47 bits per heavy atom. The minimum atomic E-state index is -0.991. The molecule has 19 heavy (non-hydrogen) atoms. The number of Topliss-reactive ketones (excluding diaryl/α,β-unsaturated/α-hetero) is 1. The van der Waals surface area contributed by atoms with Gasteiger partial charge in [-0.05, 0) is 37.7 Å². The topological polar surface area (TPSA) is 68.5 Å². The van der Waals surface area contributed by atoms with Gasteiger partial charge in [0.15, 0.2) is 5.78 Å². The second kappa shape index (κ2) is 5.17. The highest BCUT2D eigenvalue weighted by Crippen LogP contribution is 2.50. The summed E-state index contributed by atoms with van der Waals surface area (Å²) in [5.74, 6) is -1.10. The summed E-state index contributed by atoms with van der Waals surface area (Å²) in [6.07, 6.45) is 4.75. The Hall–Kier alpha value is -1.62. The van der Waals surface area contributed by atoms with Gasteiger partial charge in [0, 0.05) is 32.0 Å². The molecular formula is C14H19NO4. The van der Waals surface area contributed by atoms with Crippen molar-refractivity contribution in [3.8, 4) is 0 Å². The van der Waals surface area contributed by atoms with Gasteiger partial charge in [-0.3, -0.25) is 4.79 Å². The van der Waals surface area contributed by atoms with E-state index < -0.39 is 5.97 Å². The number of aromatic carboxylic acids is 1. The predicted molar refractivity (Wildman–Crippen MR) is 69.6 cm³/mol. The second-order valence-corrected chi connectivity index (χ2v) is 5.35. The Kier molecular flexibility index (Phi) is 3.75. The number of ether oxygens (including phenoxy) is 1. The van der Waals surface area contributed by atoms with Gasteiger partial charge in [-0.1, -0.05) is 0 Å². The molecule has 0 bridgehead atoms. The molecule has 0 unspecified atom stereocenters. The molecule has 5 heteroatoms. The molecule has 5 nitrogen and oxygen atoms in total. The Balaban J connectivity index is 2.19. The quantitative estimate of drug-likeness (QED) is 0.767. The monoisotopic (exact) mass is 265 g/mol. The van der Waals surface area contributed by atoms with Crippen LogP contribution in [0.15, 0.2) is 12.3 Å². The lowest BCUT2D eigenvalue weighted by Gasteiger charge is -2.16. The van der Waals surface area contributed by atoms with Crippen LogP contribution >= 0.6 is 0 Å². The third-order valence-electron chi connectivity index (χ3n) is 3.82. The number of methoxy groups -OCH3 is 1. The number of ketones is 1. The molecule has 0 radical (unpaired) electrons. The first kappa shape index (κ1) is 13.8. The zero-order valence-corrected chi connectivity index (χ0v) is 11.3. The minimum Gasteiger partial charge on any atom is -0.477 e. The minimum absolute atomic E-state index is 0.108. The summed E-state index contributed by atoms with van der Waals surface area (Å²) in [6.45, 7) is 2.78. The smallest absolute Gasteiger partial charge is 0.352 e. The van der Waals surface area contributed by atoms with Gasteiger partial charge < -0.3 is 14.4 Å². The number of hydrogen-bond donors (Lipinski definition) is 1. The highest BCUT2D eigenvalue weighted by molar-refractivity contribution is 5.97. The predicted octanol–water partition coefficient (Wildman–Crippen LogP) is 2.21. The second-order valence-electron chi connectivity index (χ2n) is 5.35. The molecule has 1 aromatic heterocycles. The van der Waals surface area contributed by atoms with Crippen molar-refractivity contribution < 1.29 is 19.4 Å². The molecular weight excluding hydrogens is 246 g/mol. The van der Waals surface area contributed by atoms with Gasteiger partial charge >= 0.3 is 5.97 Å². The molecule has 1 N–H and O–H groups in total. The molecule has 104 valence electrons. The van der Waals surface area contributed by atoms with Crippen LogP contribution in [0.2, 0.25) is 0 Å². The Morgan fingerprint density at radius 2 is 2.16 bits per heavy atom. The maximum atomic E-state index is 11.4. The average molecular weight is 265 g/mol. The first-order valence-electron chi connectivity index (χ1n) is 6.41. The first-order valence-corrected chi connectivity index (χ1v) is 6.41. The van der Waals surface area contributed by atoms with Crippen LogP contribution < -0.4 is 0 Å². The molecule has 2 rings (SSSR count). The van der Waals surface area contributed by atoms with E-state index in [9.17, 15) is 14.7 Å². The van der Waals surface area contributed by atoms with Gasteiger partial charge in [-0.25, -0.2) is 4.79 Å². The summed E-state index contributed by atoms with van der Waals surface area (Å²) in [7, 11) is 1.67. The van der Waals surface area contributed by atoms with Crippen molar-refractivity contribution in [3.63, 3.8) is 0 Å². The maximum Gasteiger partial charge on any atom is 0.352 e. The van der Waals surface area contributed by atoms with Crippen LogP contribution in [0.5, 0.6) is 0 Å². The lowest BCUT2D eigenvalue weighted by Crippen LogP contribution is -2.17. The molecule has 0 aromatic carbocycles. The van der Waals surface area contributed by atoms with Gasteiger partial charge in [-0.15, -0.1) is 0 Å². The zero-order chi connectivity index (χ0) is 14.0. The van der Waals surface area contributed by atoms with Crippen molar-refractivity contribution in [1.29, 1.82) is 0 Å². The molecule has 1 aliphatic carbocycles. The van der Waals surface area contributed by atoms with Crippen LogP contribution in [-0.2, 0) is 11.3 Å². The van der Waals surface area contributed by atoms with Crippen LogP contribution in [0.3, 0.4) is 0 Å². The molecule has 1 aromatic rings. The van der Waals surface area contributed by atoms with E-state index in [4.69, 9.17) is 4.74 Å². The molecule has 1 heterocycles. The molecule has 0 spiro atoms. The number of hydrogen-bond acceptors (Lipinski definition) is 3. The number of rotatable bonds is 7. The van der Waals surface area contributed by atoms with Crippen LogP contribution in [0.1, 0.15) is 47.0 Å². The standard InChI is InChI=1S/C14H19NO4/c1-10(16)11-7-12(13(17)18)15(8-11)9-14(3-4-14)5-6-19-2/h7-8H,3-6,9H2,1-2H3,(H,17,18). The van der Waals surface area contributed by atoms with Crippen LogP contribution in [0, 0.1) is 5.41 Å². The number of carboxylic acids is 1. The van der Waals surface area contributed by atoms with Crippen LogP contribution in [0.4, 0.5) is 0 Å². The number of aromatic nitrogens is 1. The van der Waals surface area contributed by atoms with Crippen molar-refractivity contribution in [2.75, 3.05) is 13.7 Å². The summed E-state index contributed by atoms with van der Waals surface area (Å²) in [5, 5.41) is 9.20. The van der Waals surface area contributed by atoms with E-state index in [1.807, 2.05) is 0 Å². The van der Waals surface area contributed by atoms with Crippen molar-refractivity contribution in [1.82, 2.24) is 4.57 Å². The number of carbonyl (C=O) groups excluding carboxylic acids is 1. The molecule has 0 saturated heterocycles. The zero-order valence-electron chi connectivity index (χ0n) is 11.3. The Labute approximate surface area is 112 Å². The lowest BCUT2D eigenvalue weighted by molar-refractivity contribution is 0.0682. The SMILES string of the molecule is COCCC1(Cn2cc(C(C)=O)cc2C(=O)O)CC1. The summed E-state index contributed by atoms with van der Waals surface area (Å²) in [5.41, 5.74) is 0.793. The average Bonchev–Trinajstić information content (AvgIpc) is 2.96. The van der Waals surface area contributed by atoms with E-state index in [0.717, 1.165) is 19.3 Å². The van der Waals surface area contributed by atoms with E-state index in [2.05, 4.69) is 0 Å². The van der Waals surface area contributed by atoms with Crippen molar-refractivity contribution in [3.05, 3.63) is 23.5 Å². The van der Waals surface area contributed by atoms with Crippen molar-refractivity contribution in [2.45, 2.75) is 32.7 Å². The normalized spacial score (nSPS) is 16.3. The van der Waals surface area contributed by atoms with E-state index in [1.54, 1.807) is 17.9 Å². The van der Waals surface area contributed by atoms with Crippen LogP contribution in [0.25, 0.3) is 0 Å². The van der Waals surface area contributed by atoms with Crippen molar-refractivity contribution >= 4 is 11.8 Å². The summed E-state index contributed by atoms with van der Waals surface area (Å²) in [6, 6.07) is 1.46. The fraction of sp³-hybridized carbons (Fsp3) is 0.571. The van der Waals surface area contributed by atoms with E-state index in [1.165, 1.54) is 13.0 Å². The van der Waals surface area contributed by atoms with Crippen LogP contribution in [-0.4, -0.2) is 35.1 Å². The molecule has 1 fully saturated rings. The molecule has 0 aliphatic heterocycles. The lowest BCUT2D eigenvalue weighted by atomic mass is 10.0. The fourth-order valence-corrected chi connectivity index (χ4v) is 2.36. The summed E-state index contributed by atoms with van der Waals surface area (Å²) in [4.78, 5) is 22.6. The first-order chi connectivity index (χ1) is 8.97. The largest absolute Gasteiger partial charge is 0.477 e. The number of nitrogens with zero attached hydrogens (tertiary/aromatic N) is 1. The Bertz CT molecular complexity index is 500. The molecule has 0 amide bonds. The van der Waals surface area contributed by atoms with Crippen molar-refractivity contribution in [2.24, 2.45) is 5.41 Å². The summed E-state index contributed by atoms with van der Waals surface area (Å²) >= 11 is 0. The number of carbonyl (C=O) groups is 2. The molecule has 1 saturated carbocycles. The third-order valence-corrected chi connectivity index (χ3v) is 3.82. The van der Waals surface area contributed by atoms with Gasteiger partial charge in [0.1, 0.15) is 5.69 Å².